The number of hydrogen-bond donors (Lipinski definition) is 2. The van der Waals surface area contributed by atoms with Crippen LogP contribution in [0.4, 0.5) is 11.4 Å². The summed E-state index contributed by atoms with van der Waals surface area (Å²) in [6.45, 7) is 3.23. The number of rotatable bonds is 6. The minimum Gasteiger partial charge on any atom is -0.448 e. The van der Waals surface area contributed by atoms with Gasteiger partial charge in [-0.1, -0.05) is 6.92 Å². The molecule has 3 rings (SSSR count). The summed E-state index contributed by atoms with van der Waals surface area (Å²) >= 11 is 1.48. The molecular formula is C21H24N2O4S. The fraction of sp³-hybridized carbons (Fsp3) is 0.381. The van der Waals surface area contributed by atoms with Crippen LogP contribution in [-0.2, 0) is 27.2 Å². The Morgan fingerprint density at radius 1 is 1.07 bits per heavy atom. The van der Waals surface area contributed by atoms with Gasteiger partial charge in [-0.05, 0) is 68.0 Å². The van der Waals surface area contributed by atoms with E-state index in [0.29, 0.717) is 22.7 Å². The molecule has 6 nitrogen and oxygen atoms in total. The highest BCUT2D eigenvalue weighted by Gasteiger charge is 2.24. The van der Waals surface area contributed by atoms with Crippen LogP contribution in [0.25, 0.3) is 0 Å². The van der Waals surface area contributed by atoms with E-state index in [1.165, 1.54) is 28.7 Å². The summed E-state index contributed by atoms with van der Waals surface area (Å²) in [4.78, 5) is 37.9. The fourth-order valence-corrected chi connectivity index (χ4v) is 4.30. The van der Waals surface area contributed by atoms with E-state index in [4.69, 9.17) is 4.74 Å². The zero-order valence-electron chi connectivity index (χ0n) is 16.0. The van der Waals surface area contributed by atoms with E-state index >= 15 is 0 Å². The Labute approximate surface area is 168 Å². The summed E-state index contributed by atoms with van der Waals surface area (Å²) in [5.41, 5.74) is 2.45. The van der Waals surface area contributed by atoms with Crippen molar-refractivity contribution in [2.45, 2.75) is 52.1 Å². The number of fused-ring (bicyclic) bond motifs is 1. The van der Waals surface area contributed by atoms with Crippen LogP contribution in [0.5, 0.6) is 0 Å². The predicted molar refractivity (Wildman–Crippen MR) is 110 cm³/mol. The summed E-state index contributed by atoms with van der Waals surface area (Å²) < 4.78 is 5.48. The van der Waals surface area contributed by atoms with Crippen LogP contribution in [0.3, 0.4) is 0 Å². The molecule has 1 heterocycles. The summed E-state index contributed by atoms with van der Waals surface area (Å²) in [5, 5.41) is 5.42. The van der Waals surface area contributed by atoms with E-state index in [1.807, 2.05) is 6.07 Å². The number of aryl methyl sites for hydroxylation is 2. The lowest BCUT2D eigenvalue weighted by Crippen LogP contribution is -2.31. The third-order valence-electron chi connectivity index (χ3n) is 4.58. The Kier molecular flexibility index (Phi) is 6.46. The quantitative estimate of drug-likeness (QED) is 0.713. The lowest BCUT2D eigenvalue weighted by molar-refractivity contribution is -0.124. The smallest absolute Gasteiger partial charge is 0.349 e. The van der Waals surface area contributed by atoms with Gasteiger partial charge in [0.2, 0.25) is 5.91 Å². The maximum Gasteiger partial charge on any atom is 0.349 e. The number of carbonyl (C=O) groups excluding carboxylic acids is 3. The number of thiophene rings is 1. The topological polar surface area (TPSA) is 84.5 Å². The minimum atomic E-state index is -0.860. The Hall–Kier alpha value is -2.67. The van der Waals surface area contributed by atoms with Gasteiger partial charge in [0.25, 0.3) is 5.91 Å². The van der Waals surface area contributed by atoms with Crippen LogP contribution in [-0.4, -0.2) is 23.9 Å². The summed E-state index contributed by atoms with van der Waals surface area (Å²) in [6.07, 6.45) is 3.85. The lowest BCUT2D eigenvalue weighted by atomic mass is 9.99. The molecule has 0 saturated heterocycles. The Morgan fingerprint density at radius 2 is 1.71 bits per heavy atom. The number of hydrogen-bond acceptors (Lipinski definition) is 5. The summed E-state index contributed by atoms with van der Waals surface area (Å²) in [6, 6.07) is 8.67. The molecule has 7 heteroatoms. The number of esters is 1. The van der Waals surface area contributed by atoms with Crippen LogP contribution in [0.15, 0.2) is 30.3 Å². The molecule has 0 aliphatic heterocycles. The molecule has 1 aromatic carbocycles. The molecule has 148 valence electrons. The number of amides is 2. The zero-order valence-corrected chi connectivity index (χ0v) is 16.9. The van der Waals surface area contributed by atoms with Crippen LogP contribution < -0.4 is 10.6 Å². The first kappa shape index (κ1) is 20.1. The molecule has 0 saturated carbocycles. The van der Waals surface area contributed by atoms with E-state index in [9.17, 15) is 14.4 Å². The minimum absolute atomic E-state index is 0.162. The van der Waals surface area contributed by atoms with Gasteiger partial charge in [0, 0.05) is 23.2 Å². The third-order valence-corrected chi connectivity index (χ3v) is 5.80. The van der Waals surface area contributed by atoms with Crippen molar-refractivity contribution < 1.29 is 19.1 Å². The standard InChI is InChI=1S/C21H24N2O4S/c1-3-17(20(25)23-16-10-8-15(9-11-16)22-13(2)24)27-21(26)19-12-14-6-4-5-7-18(14)28-19/h8-12,17H,3-7H2,1-2H3,(H,22,24)(H,23,25). The van der Waals surface area contributed by atoms with Crippen LogP contribution >= 0.6 is 11.3 Å². The number of anilines is 2. The van der Waals surface area contributed by atoms with Gasteiger partial charge in [-0.2, -0.15) is 0 Å². The van der Waals surface area contributed by atoms with Crippen molar-refractivity contribution in [3.63, 3.8) is 0 Å². The van der Waals surface area contributed by atoms with Gasteiger partial charge in [0.05, 0.1) is 0 Å². The first-order valence-electron chi connectivity index (χ1n) is 9.47. The highest BCUT2D eigenvalue weighted by Crippen LogP contribution is 2.30. The van der Waals surface area contributed by atoms with Gasteiger partial charge >= 0.3 is 5.97 Å². The molecule has 1 aromatic heterocycles. The molecule has 0 spiro atoms. The van der Waals surface area contributed by atoms with Crippen LogP contribution in [0.1, 0.15) is 53.2 Å². The second-order valence-corrected chi connectivity index (χ2v) is 7.95. The highest BCUT2D eigenvalue weighted by atomic mass is 32.1. The number of ether oxygens (including phenoxy) is 1. The number of benzene rings is 1. The van der Waals surface area contributed by atoms with Gasteiger partial charge in [-0.3, -0.25) is 9.59 Å². The first-order chi connectivity index (χ1) is 13.5. The average Bonchev–Trinajstić information content (AvgIpc) is 3.11. The van der Waals surface area contributed by atoms with Gasteiger partial charge in [0.15, 0.2) is 6.10 Å². The largest absolute Gasteiger partial charge is 0.448 e. The van der Waals surface area contributed by atoms with Gasteiger partial charge in [-0.25, -0.2) is 4.79 Å². The van der Waals surface area contributed by atoms with Crippen molar-refractivity contribution in [3.05, 3.63) is 45.6 Å². The summed E-state index contributed by atoms with van der Waals surface area (Å²) in [5.74, 6) is -0.975. The van der Waals surface area contributed by atoms with Crippen molar-refractivity contribution in [1.82, 2.24) is 0 Å². The molecular weight excluding hydrogens is 376 g/mol. The third kappa shape index (κ3) is 4.98. The SMILES string of the molecule is CCC(OC(=O)c1cc2c(s1)CCCC2)C(=O)Nc1ccc(NC(C)=O)cc1. The van der Waals surface area contributed by atoms with E-state index in [0.717, 1.165) is 25.7 Å². The maximum atomic E-state index is 12.5. The molecule has 0 radical (unpaired) electrons. The van der Waals surface area contributed by atoms with Gasteiger partial charge in [-0.15, -0.1) is 11.3 Å². The molecule has 1 aliphatic rings. The molecule has 0 bridgehead atoms. The predicted octanol–water partition coefficient (Wildman–Crippen LogP) is 4.16. The highest BCUT2D eigenvalue weighted by molar-refractivity contribution is 7.14. The molecule has 1 unspecified atom stereocenters. The van der Waals surface area contributed by atoms with Crippen molar-refractivity contribution in [2.24, 2.45) is 0 Å². The van der Waals surface area contributed by atoms with Gasteiger partial charge < -0.3 is 15.4 Å². The van der Waals surface area contributed by atoms with Gasteiger partial charge in [0.1, 0.15) is 4.88 Å². The second kappa shape index (κ2) is 9.01. The fourth-order valence-electron chi connectivity index (χ4n) is 3.16. The van der Waals surface area contributed by atoms with Crippen molar-refractivity contribution in [3.8, 4) is 0 Å². The van der Waals surface area contributed by atoms with Crippen molar-refractivity contribution >= 4 is 40.5 Å². The van der Waals surface area contributed by atoms with Crippen molar-refractivity contribution in [1.29, 1.82) is 0 Å². The van der Waals surface area contributed by atoms with Crippen LogP contribution in [0.2, 0.25) is 0 Å². The normalized spacial score (nSPS) is 13.9. The first-order valence-corrected chi connectivity index (χ1v) is 10.3. The average molecular weight is 400 g/mol. The molecule has 2 amide bonds. The molecule has 2 N–H and O–H groups in total. The van der Waals surface area contributed by atoms with E-state index in [-0.39, 0.29) is 11.8 Å². The van der Waals surface area contributed by atoms with E-state index in [1.54, 1.807) is 31.2 Å². The number of carbonyl (C=O) groups is 3. The Bertz CT molecular complexity index is 850. The van der Waals surface area contributed by atoms with E-state index < -0.39 is 12.1 Å². The number of nitrogens with one attached hydrogen (secondary N) is 2. The Balaban J connectivity index is 1.60. The molecule has 2 aromatic rings. The second-order valence-electron chi connectivity index (χ2n) is 6.82. The van der Waals surface area contributed by atoms with E-state index in [2.05, 4.69) is 10.6 Å². The molecule has 28 heavy (non-hydrogen) atoms. The lowest BCUT2D eigenvalue weighted by Gasteiger charge is -2.16. The monoisotopic (exact) mass is 400 g/mol. The zero-order chi connectivity index (χ0) is 20.1. The Morgan fingerprint density at radius 3 is 2.32 bits per heavy atom. The maximum absolute atomic E-state index is 12.5. The van der Waals surface area contributed by atoms with Crippen LogP contribution in [0, 0.1) is 0 Å². The van der Waals surface area contributed by atoms with Crippen molar-refractivity contribution in [2.75, 3.05) is 10.6 Å². The molecule has 1 atom stereocenters. The summed E-state index contributed by atoms with van der Waals surface area (Å²) in [7, 11) is 0. The molecule has 1 aliphatic carbocycles. The molecule has 0 fully saturated rings.